The molecular formula is C14H27NO3. The number of amides is 1. The lowest BCUT2D eigenvalue weighted by Crippen LogP contribution is -2.47. The molecule has 0 rings (SSSR count). The summed E-state index contributed by atoms with van der Waals surface area (Å²) in [6.45, 7) is 9.48. The Labute approximate surface area is 110 Å². The van der Waals surface area contributed by atoms with Crippen LogP contribution in [0.2, 0.25) is 0 Å². The second-order valence-corrected chi connectivity index (χ2v) is 5.39. The number of aliphatic hydroxyl groups excluding tert-OH is 2. The Hall–Kier alpha value is -0.870. The van der Waals surface area contributed by atoms with Gasteiger partial charge in [-0.1, -0.05) is 26.8 Å². The van der Waals surface area contributed by atoms with Crippen molar-refractivity contribution >= 4 is 5.91 Å². The van der Waals surface area contributed by atoms with Crippen molar-refractivity contribution in [1.29, 1.82) is 0 Å². The molecule has 0 saturated carbocycles. The van der Waals surface area contributed by atoms with Crippen molar-refractivity contribution in [2.75, 3.05) is 13.2 Å². The first-order valence-corrected chi connectivity index (χ1v) is 6.55. The molecule has 0 fully saturated rings. The van der Waals surface area contributed by atoms with Gasteiger partial charge in [-0.05, 0) is 25.2 Å². The molecule has 0 heterocycles. The summed E-state index contributed by atoms with van der Waals surface area (Å²) in [5.74, 6) is 0.105. The monoisotopic (exact) mass is 257 g/mol. The molecule has 0 aromatic carbocycles. The van der Waals surface area contributed by atoms with Crippen LogP contribution in [0, 0.1) is 11.3 Å². The molecule has 4 nitrogen and oxygen atoms in total. The number of aliphatic hydroxyl groups is 2. The highest BCUT2D eigenvalue weighted by Gasteiger charge is 2.32. The average Bonchev–Trinajstić information content (AvgIpc) is 2.32. The predicted molar refractivity (Wildman–Crippen MR) is 73.1 cm³/mol. The minimum atomic E-state index is -0.563. The lowest BCUT2D eigenvalue weighted by molar-refractivity contribution is -0.132. The molecule has 0 aliphatic heterocycles. The van der Waals surface area contributed by atoms with E-state index in [2.05, 4.69) is 11.9 Å². The highest BCUT2D eigenvalue weighted by Crippen LogP contribution is 2.28. The summed E-state index contributed by atoms with van der Waals surface area (Å²) in [6, 6.07) is -0.226. The molecule has 18 heavy (non-hydrogen) atoms. The number of hydrogen-bond acceptors (Lipinski definition) is 3. The van der Waals surface area contributed by atoms with Gasteiger partial charge in [-0.2, -0.15) is 0 Å². The largest absolute Gasteiger partial charge is 0.396 e. The van der Waals surface area contributed by atoms with E-state index in [1.807, 2.05) is 20.8 Å². The molecule has 2 atom stereocenters. The van der Waals surface area contributed by atoms with E-state index in [9.17, 15) is 9.90 Å². The first kappa shape index (κ1) is 17.1. The van der Waals surface area contributed by atoms with Crippen LogP contribution in [-0.2, 0) is 4.79 Å². The highest BCUT2D eigenvalue weighted by molar-refractivity contribution is 5.82. The van der Waals surface area contributed by atoms with E-state index in [-0.39, 0.29) is 31.1 Å². The standard InChI is InChI=1S/C14H27NO3/c1-5-7-14(4,8-6-9-16)13(18)15-12(10-17)11(2)3/h5,11-12,16-17H,1,6-10H2,2-4H3,(H,15,18)/t12?,14-/m0/s1. The van der Waals surface area contributed by atoms with Crippen LogP contribution in [0.3, 0.4) is 0 Å². The molecule has 0 radical (unpaired) electrons. The molecule has 4 heteroatoms. The Bertz CT molecular complexity index is 266. The van der Waals surface area contributed by atoms with Gasteiger partial charge in [0.25, 0.3) is 0 Å². The van der Waals surface area contributed by atoms with E-state index in [4.69, 9.17) is 5.11 Å². The Balaban J connectivity index is 4.68. The van der Waals surface area contributed by atoms with Gasteiger partial charge in [-0.15, -0.1) is 6.58 Å². The quantitative estimate of drug-likeness (QED) is 0.548. The lowest BCUT2D eigenvalue weighted by Gasteiger charge is -2.30. The average molecular weight is 257 g/mol. The van der Waals surface area contributed by atoms with Gasteiger partial charge >= 0.3 is 0 Å². The molecule has 0 aromatic rings. The molecule has 0 saturated heterocycles. The Kier molecular flexibility index (Phi) is 7.87. The van der Waals surface area contributed by atoms with Crippen molar-refractivity contribution in [2.45, 2.75) is 46.1 Å². The Morgan fingerprint density at radius 1 is 1.44 bits per heavy atom. The van der Waals surface area contributed by atoms with Gasteiger partial charge in [0, 0.05) is 12.0 Å². The van der Waals surface area contributed by atoms with E-state index >= 15 is 0 Å². The van der Waals surface area contributed by atoms with Crippen LogP contribution in [0.1, 0.15) is 40.0 Å². The van der Waals surface area contributed by atoms with Gasteiger partial charge in [0.15, 0.2) is 0 Å². The van der Waals surface area contributed by atoms with Gasteiger partial charge in [0.1, 0.15) is 0 Å². The normalized spacial score (nSPS) is 16.1. The fourth-order valence-electron chi connectivity index (χ4n) is 1.86. The molecule has 1 unspecified atom stereocenters. The maximum atomic E-state index is 12.3. The van der Waals surface area contributed by atoms with Crippen LogP contribution in [-0.4, -0.2) is 35.4 Å². The molecule has 0 aromatic heterocycles. The first-order chi connectivity index (χ1) is 8.41. The van der Waals surface area contributed by atoms with Crippen molar-refractivity contribution in [3.8, 4) is 0 Å². The van der Waals surface area contributed by atoms with Gasteiger partial charge in [0.05, 0.1) is 12.6 Å². The zero-order chi connectivity index (χ0) is 14.2. The van der Waals surface area contributed by atoms with Crippen LogP contribution in [0.4, 0.5) is 0 Å². The zero-order valence-corrected chi connectivity index (χ0v) is 11.8. The lowest BCUT2D eigenvalue weighted by atomic mass is 9.80. The van der Waals surface area contributed by atoms with Gasteiger partial charge < -0.3 is 15.5 Å². The molecule has 0 aliphatic carbocycles. The fraction of sp³-hybridized carbons (Fsp3) is 0.786. The minimum absolute atomic E-state index is 0.0619. The molecular weight excluding hydrogens is 230 g/mol. The molecule has 1 amide bonds. The van der Waals surface area contributed by atoms with E-state index < -0.39 is 5.41 Å². The third kappa shape index (κ3) is 5.19. The van der Waals surface area contributed by atoms with Gasteiger partial charge in [-0.25, -0.2) is 0 Å². The molecule has 0 aliphatic rings. The maximum absolute atomic E-state index is 12.3. The number of nitrogens with one attached hydrogen (secondary N) is 1. The minimum Gasteiger partial charge on any atom is -0.396 e. The number of allylic oxidation sites excluding steroid dienone is 1. The van der Waals surface area contributed by atoms with E-state index in [0.29, 0.717) is 19.3 Å². The Morgan fingerprint density at radius 2 is 2.06 bits per heavy atom. The molecule has 106 valence electrons. The molecule has 0 bridgehead atoms. The fourth-order valence-corrected chi connectivity index (χ4v) is 1.86. The van der Waals surface area contributed by atoms with Crippen molar-refractivity contribution in [2.24, 2.45) is 11.3 Å². The summed E-state index contributed by atoms with van der Waals surface area (Å²) in [7, 11) is 0. The summed E-state index contributed by atoms with van der Waals surface area (Å²) < 4.78 is 0. The third-order valence-corrected chi connectivity index (χ3v) is 3.35. The number of rotatable bonds is 9. The third-order valence-electron chi connectivity index (χ3n) is 3.35. The summed E-state index contributed by atoms with van der Waals surface area (Å²) >= 11 is 0. The van der Waals surface area contributed by atoms with E-state index in [0.717, 1.165) is 0 Å². The van der Waals surface area contributed by atoms with Crippen molar-refractivity contribution in [1.82, 2.24) is 5.32 Å². The number of hydrogen-bond donors (Lipinski definition) is 3. The first-order valence-electron chi connectivity index (χ1n) is 6.55. The van der Waals surface area contributed by atoms with Crippen molar-refractivity contribution < 1.29 is 15.0 Å². The summed E-state index contributed by atoms with van der Waals surface area (Å²) in [4.78, 5) is 12.3. The zero-order valence-electron chi connectivity index (χ0n) is 11.8. The smallest absolute Gasteiger partial charge is 0.226 e. The number of carbonyl (C=O) groups is 1. The Morgan fingerprint density at radius 3 is 2.44 bits per heavy atom. The topological polar surface area (TPSA) is 69.6 Å². The van der Waals surface area contributed by atoms with Crippen LogP contribution >= 0.6 is 0 Å². The SMILES string of the molecule is C=CC[C@@](C)(CCCO)C(=O)NC(CO)C(C)C. The molecule has 0 spiro atoms. The van der Waals surface area contributed by atoms with Crippen LogP contribution in [0.5, 0.6) is 0 Å². The van der Waals surface area contributed by atoms with Crippen LogP contribution < -0.4 is 5.32 Å². The second kappa shape index (κ2) is 8.27. The van der Waals surface area contributed by atoms with Crippen molar-refractivity contribution in [3.63, 3.8) is 0 Å². The summed E-state index contributed by atoms with van der Waals surface area (Å²) in [6.07, 6.45) is 3.48. The molecule has 3 N–H and O–H groups in total. The maximum Gasteiger partial charge on any atom is 0.226 e. The highest BCUT2D eigenvalue weighted by atomic mass is 16.3. The van der Waals surface area contributed by atoms with E-state index in [1.54, 1.807) is 6.08 Å². The van der Waals surface area contributed by atoms with E-state index in [1.165, 1.54) is 0 Å². The second-order valence-electron chi connectivity index (χ2n) is 5.39. The summed E-state index contributed by atoms with van der Waals surface area (Å²) in [5, 5.41) is 21.0. The predicted octanol–water partition coefficient (Wildman–Crippen LogP) is 1.47. The summed E-state index contributed by atoms with van der Waals surface area (Å²) in [5.41, 5.74) is -0.563. The number of carbonyl (C=O) groups excluding carboxylic acids is 1. The van der Waals surface area contributed by atoms with Crippen molar-refractivity contribution in [3.05, 3.63) is 12.7 Å². The van der Waals surface area contributed by atoms with Crippen LogP contribution in [0.15, 0.2) is 12.7 Å². The van der Waals surface area contributed by atoms with Gasteiger partial charge in [-0.3, -0.25) is 4.79 Å². The van der Waals surface area contributed by atoms with Crippen LogP contribution in [0.25, 0.3) is 0 Å². The van der Waals surface area contributed by atoms with Gasteiger partial charge in [0.2, 0.25) is 5.91 Å².